The molecule has 0 aliphatic carbocycles. The number of ether oxygens (including phenoxy) is 3. The average molecular weight is 1140 g/mol. The molecular weight excluding hydrogens is 1020 g/mol. The molecule has 0 saturated heterocycles. The molecule has 3 atom stereocenters. The van der Waals surface area contributed by atoms with E-state index in [4.69, 9.17) is 23.3 Å². The largest absolute Gasteiger partial charge is 0.472 e. The summed E-state index contributed by atoms with van der Waals surface area (Å²) in [6, 6.07) is 0. The first-order chi connectivity index (χ1) is 39.2. The number of allylic oxidation sites excluding steroid dienone is 14. The van der Waals surface area contributed by atoms with Crippen molar-refractivity contribution in [1.29, 1.82) is 0 Å². The van der Waals surface area contributed by atoms with Crippen LogP contribution in [0.4, 0.5) is 0 Å². The van der Waals surface area contributed by atoms with Gasteiger partial charge in [0.05, 0.1) is 19.8 Å². The maximum Gasteiger partial charge on any atom is 0.472 e. The molecule has 0 aromatic carbocycles. The van der Waals surface area contributed by atoms with E-state index >= 15 is 0 Å². The Hall–Kier alpha value is -3.34. The molecule has 0 fully saturated rings. The fourth-order valence-corrected chi connectivity index (χ4v) is 9.56. The number of phosphoric acid groups is 1. The first-order valence-corrected chi connectivity index (χ1v) is 34.0. The Morgan fingerprint density at radius 1 is 0.350 bits per heavy atom. The fourth-order valence-electron chi connectivity index (χ4n) is 8.78. The van der Waals surface area contributed by atoms with Gasteiger partial charge in [0.15, 0.2) is 6.10 Å². The second-order valence-electron chi connectivity index (χ2n) is 21.6. The highest BCUT2D eigenvalue weighted by Gasteiger charge is 2.28. The predicted molar refractivity (Wildman–Crippen MR) is 334 cm³/mol. The number of hydrogen-bond acceptors (Lipinski definition) is 10. The van der Waals surface area contributed by atoms with Crippen molar-refractivity contribution in [3.8, 4) is 0 Å². The van der Waals surface area contributed by atoms with Crippen molar-refractivity contribution in [1.82, 2.24) is 0 Å². The summed E-state index contributed by atoms with van der Waals surface area (Å²) in [6.45, 7) is 4.57. The van der Waals surface area contributed by atoms with Gasteiger partial charge in [-0.3, -0.25) is 23.4 Å². The van der Waals surface area contributed by atoms with Crippen LogP contribution >= 0.6 is 7.82 Å². The Labute approximate surface area is 490 Å². The van der Waals surface area contributed by atoms with Gasteiger partial charge < -0.3 is 24.2 Å². The first-order valence-electron chi connectivity index (χ1n) is 32.5. The number of phosphoric ester groups is 1. The normalized spacial score (nSPS) is 13.8. The van der Waals surface area contributed by atoms with Gasteiger partial charge >= 0.3 is 25.7 Å². The van der Waals surface area contributed by atoms with E-state index in [-0.39, 0.29) is 25.9 Å². The van der Waals surface area contributed by atoms with Crippen molar-refractivity contribution in [2.45, 2.75) is 303 Å². The van der Waals surface area contributed by atoms with Crippen LogP contribution in [0.2, 0.25) is 0 Å². The van der Waals surface area contributed by atoms with E-state index in [0.717, 1.165) is 122 Å². The summed E-state index contributed by atoms with van der Waals surface area (Å²) in [6.07, 6.45) is 72.3. The van der Waals surface area contributed by atoms with Gasteiger partial charge in [-0.2, -0.15) is 0 Å². The van der Waals surface area contributed by atoms with Crippen LogP contribution in [0.25, 0.3) is 0 Å². The lowest BCUT2D eigenvalue weighted by Crippen LogP contribution is -2.30. The fraction of sp³-hybridized carbons (Fsp3) is 0.750. The number of aliphatic hydroxyl groups is 1. The number of carbonyl (C=O) groups is 3. The smallest absolute Gasteiger partial charge is 0.462 e. The molecule has 0 saturated carbocycles. The highest BCUT2D eigenvalue weighted by Crippen LogP contribution is 2.43. The van der Waals surface area contributed by atoms with E-state index in [2.05, 4.69) is 106 Å². The van der Waals surface area contributed by atoms with Gasteiger partial charge in [-0.05, 0) is 122 Å². The lowest BCUT2D eigenvalue weighted by atomic mass is 10.1. The molecule has 12 heteroatoms. The minimum absolute atomic E-state index is 0.148. The number of hydrogen-bond donors (Lipinski definition) is 2. The summed E-state index contributed by atoms with van der Waals surface area (Å²) < 4.78 is 39.7. The molecule has 0 aliphatic heterocycles. The predicted octanol–water partition coefficient (Wildman–Crippen LogP) is 19.8. The van der Waals surface area contributed by atoms with E-state index in [1.165, 1.54) is 109 Å². The summed E-state index contributed by atoms with van der Waals surface area (Å²) in [7, 11) is -4.76. The number of rotatable bonds is 60. The van der Waals surface area contributed by atoms with Crippen molar-refractivity contribution in [3.05, 3.63) is 85.1 Å². The van der Waals surface area contributed by atoms with Crippen molar-refractivity contribution >= 4 is 25.7 Å². The van der Waals surface area contributed by atoms with Crippen LogP contribution in [0.1, 0.15) is 290 Å². The number of unbranched alkanes of at least 4 members (excludes halogenated alkanes) is 29. The van der Waals surface area contributed by atoms with Gasteiger partial charge in [0.1, 0.15) is 12.7 Å². The Kier molecular flexibility index (Phi) is 59.1. The second-order valence-corrected chi connectivity index (χ2v) is 23.0. The third-order valence-corrected chi connectivity index (χ3v) is 14.7. The summed E-state index contributed by atoms with van der Waals surface area (Å²) >= 11 is 0. The van der Waals surface area contributed by atoms with Crippen LogP contribution in [0, 0.1) is 0 Å². The highest BCUT2D eigenvalue weighted by atomic mass is 31.2. The average Bonchev–Trinajstić information content (AvgIpc) is 3.45. The Morgan fingerprint density at radius 2 is 0.613 bits per heavy atom. The van der Waals surface area contributed by atoms with E-state index in [9.17, 15) is 28.9 Å². The Balaban J connectivity index is 4.74. The van der Waals surface area contributed by atoms with Crippen LogP contribution in [-0.2, 0) is 42.2 Å². The van der Waals surface area contributed by atoms with Gasteiger partial charge in [0, 0.05) is 19.3 Å². The molecule has 0 rings (SSSR count). The minimum atomic E-state index is -4.76. The lowest BCUT2D eigenvalue weighted by molar-refractivity contribution is -0.161. The van der Waals surface area contributed by atoms with Crippen LogP contribution in [0.15, 0.2) is 85.1 Å². The Bertz CT molecular complexity index is 1670. The molecule has 3 unspecified atom stereocenters. The van der Waals surface area contributed by atoms with Gasteiger partial charge in [-0.25, -0.2) is 4.57 Å². The van der Waals surface area contributed by atoms with Gasteiger partial charge in [0.25, 0.3) is 0 Å². The SMILES string of the molecule is CCCCC/C=C\C/C=C\C/C=C\CCCCCCCCC(=O)OC(COC(=O)CCCCCCCCC/C=C\C/C=C\CCCCC)COP(=O)(O)OCC(CO)OC(=O)CCCCCCCCC/C=C\C/C=C\CCCCC. The molecule has 80 heavy (non-hydrogen) atoms. The molecule has 0 amide bonds. The zero-order valence-corrected chi connectivity index (χ0v) is 52.2. The summed E-state index contributed by atoms with van der Waals surface area (Å²) in [5.41, 5.74) is 0. The summed E-state index contributed by atoms with van der Waals surface area (Å²) in [5.74, 6) is -1.49. The highest BCUT2D eigenvalue weighted by molar-refractivity contribution is 7.47. The van der Waals surface area contributed by atoms with Crippen molar-refractivity contribution in [2.24, 2.45) is 0 Å². The van der Waals surface area contributed by atoms with Crippen molar-refractivity contribution in [2.75, 3.05) is 26.4 Å². The monoisotopic (exact) mass is 1140 g/mol. The minimum Gasteiger partial charge on any atom is -0.462 e. The zero-order chi connectivity index (χ0) is 58.3. The van der Waals surface area contributed by atoms with Gasteiger partial charge in [0.2, 0.25) is 0 Å². The number of carbonyl (C=O) groups excluding carboxylic acids is 3. The molecule has 0 aromatic rings. The van der Waals surface area contributed by atoms with Gasteiger partial charge in [-0.15, -0.1) is 0 Å². The third-order valence-electron chi connectivity index (χ3n) is 13.8. The van der Waals surface area contributed by atoms with Crippen LogP contribution in [0.3, 0.4) is 0 Å². The molecular formula is C68H119O11P. The maximum atomic E-state index is 13.0. The van der Waals surface area contributed by atoms with E-state index < -0.39 is 57.8 Å². The second kappa shape index (κ2) is 61.7. The maximum absolute atomic E-state index is 13.0. The molecule has 11 nitrogen and oxygen atoms in total. The molecule has 0 aromatic heterocycles. The molecule has 0 spiro atoms. The standard InChI is InChI=1S/C68H119O11P/c1-4-7-10-13-16-19-22-25-28-31-32-35-38-41-44-47-50-53-56-59-68(72)79-65(61-75-66(70)57-54-51-48-45-42-39-36-33-29-26-23-20-17-14-11-8-5-2)63-77-80(73,74)76-62-64(60-69)78-67(71)58-55-52-49-46-43-40-37-34-30-27-24-21-18-15-12-9-6-3/h16-21,25-30,32,35,64-65,69H,4-15,22-24,31,33-34,36-63H2,1-3H3,(H,73,74)/b19-16-,20-17-,21-18-,28-25-,29-26-,30-27-,35-32-. The topological polar surface area (TPSA) is 155 Å². The van der Waals surface area contributed by atoms with E-state index in [1.807, 2.05) is 0 Å². The van der Waals surface area contributed by atoms with E-state index in [0.29, 0.717) is 19.3 Å². The van der Waals surface area contributed by atoms with Crippen LogP contribution in [0.5, 0.6) is 0 Å². The number of aliphatic hydroxyl groups excluding tert-OH is 1. The lowest BCUT2D eigenvalue weighted by Gasteiger charge is -2.21. The third kappa shape index (κ3) is 59.3. The van der Waals surface area contributed by atoms with Crippen LogP contribution < -0.4 is 0 Å². The Morgan fingerprint density at radius 3 is 0.938 bits per heavy atom. The summed E-state index contributed by atoms with van der Waals surface area (Å²) in [5, 5.41) is 9.86. The van der Waals surface area contributed by atoms with E-state index in [1.54, 1.807) is 0 Å². The first kappa shape index (κ1) is 76.7. The molecule has 0 aliphatic rings. The van der Waals surface area contributed by atoms with Crippen molar-refractivity contribution < 1.29 is 52.2 Å². The number of esters is 3. The molecule has 462 valence electrons. The quantitative estimate of drug-likeness (QED) is 0.0197. The molecule has 0 heterocycles. The van der Waals surface area contributed by atoms with Crippen molar-refractivity contribution in [3.63, 3.8) is 0 Å². The summed E-state index contributed by atoms with van der Waals surface area (Å²) in [4.78, 5) is 48.8. The molecule has 2 N–H and O–H groups in total. The van der Waals surface area contributed by atoms with Crippen LogP contribution in [-0.4, -0.2) is 66.5 Å². The molecule has 0 bridgehead atoms. The van der Waals surface area contributed by atoms with Gasteiger partial charge in [-0.1, -0.05) is 234 Å². The zero-order valence-electron chi connectivity index (χ0n) is 51.3. The molecule has 0 radical (unpaired) electrons.